The second-order valence-corrected chi connectivity index (χ2v) is 5.90. The first-order valence-electron chi connectivity index (χ1n) is 7.28. The first-order valence-corrected chi connectivity index (χ1v) is 7.28. The number of aryl methyl sites for hydroxylation is 1. The van der Waals surface area contributed by atoms with E-state index in [0.717, 1.165) is 6.42 Å². The molecule has 1 aromatic rings. The van der Waals surface area contributed by atoms with Gasteiger partial charge in [0.25, 0.3) is 0 Å². The largest absolute Gasteiger partial charge is 0.508 e. The summed E-state index contributed by atoms with van der Waals surface area (Å²) < 4.78 is 0. The van der Waals surface area contributed by atoms with Gasteiger partial charge in [-0.3, -0.25) is 4.90 Å². The number of aromatic hydroxyl groups is 1. The molecular weight excluding hydrogens is 236 g/mol. The van der Waals surface area contributed by atoms with Crippen LogP contribution in [0, 0.1) is 0 Å². The topological polar surface area (TPSA) is 26.7 Å². The maximum absolute atomic E-state index is 9.28. The number of phenolic OH excluding ortho intramolecular Hbond substituents is 1. The van der Waals surface area contributed by atoms with Crippen LogP contribution in [0.5, 0.6) is 5.75 Å². The minimum Gasteiger partial charge on any atom is -0.508 e. The third-order valence-corrected chi connectivity index (χ3v) is 4.24. The molecule has 0 bridgehead atoms. The second kappa shape index (κ2) is 6.40. The highest BCUT2D eigenvalue weighted by Gasteiger charge is 2.25. The molecule has 1 fully saturated rings. The van der Waals surface area contributed by atoms with Gasteiger partial charge in [0.15, 0.2) is 0 Å². The third kappa shape index (κ3) is 3.95. The van der Waals surface area contributed by atoms with Gasteiger partial charge in [-0.15, -0.1) is 0 Å². The van der Waals surface area contributed by atoms with Crippen molar-refractivity contribution >= 4 is 0 Å². The van der Waals surface area contributed by atoms with Crippen LogP contribution in [0.2, 0.25) is 0 Å². The number of benzene rings is 1. The van der Waals surface area contributed by atoms with Crippen LogP contribution in [0.25, 0.3) is 0 Å². The quantitative estimate of drug-likeness (QED) is 0.902. The molecule has 19 heavy (non-hydrogen) atoms. The number of piperazine rings is 1. The zero-order chi connectivity index (χ0) is 13.8. The molecule has 0 radical (unpaired) electrons. The summed E-state index contributed by atoms with van der Waals surface area (Å²) in [6.07, 6.45) is 2.26. The fraction of sp³-hybridized carbons (Fsp3) is 0.625. The van der Waals surface area contributed by atoms with Crippen LogP contribution < -0.4 is 0 Å². The lowest BCUT2D eigenvalue weighted by atomic mass is 10.0. The SMILES string of the molecule is CC(CCc1ccc(O)cc1)N1CCN(C)CC1C. The molecular formula is C16H26N2O. The van der Waals surface area contributed by atoms with E-state index in [1.807, 2.05) is 12.1 Å². The lowest BCUT2D eigenvalue weighted by molar-refractivity contribution is 0.0645. The number of nitrogens with zero attached hydrogens (tertiary/aromatic N) is 2. The number of phenols is 1. The van der Waals surface area contributed by atoms with Gasteiger partial charge in [0.05, 0.1) is 0 Å². The van der Waals surface area contributed by atoms with Gasteiger partial charge in [0.1, 0.15) is 5.75 Å². The highest BCUT2D eigenvalue weighted by molar-refractivity contribution is 5.25. The number of rotatable bonds is 4. The number of likely N-dealkylation sites (N-methyl/N-ethyl adjacent to an activating group) is 1. The zero-order valence-electron chi connectivity index (χ0n) is 12.3. The lowest BCUT2D eigenvalue weighted by Crippen LogP contribution is -2.53. The first-order chi connectivity index (χ1) is 9.06. The van der Waals surface area contributed by atoms with Gasteiger partial charge in [-0.2, -0.15) is 0 Å². The molecule has 1 aliphatic heterocycles. The Morgan fingerprint density at radius 3 is 2.58 bits per heavy atom. The number of hydrogen-bond donors (Lipinski definition) is 1. The fourth-order valence-corrected chi connectivity index (χ4v) is 3.01. The van der Waals surface area contributed by atoms with Gasteiger partial charge in [-0.1, -0.05) is 12.1 Å². The Kier molecular flexibility index (Phi) is 4.83. The summed E-state index contributed by atoms with van der Waals surface area (Å²) >= 11 is 0. The molecule has 106 valence electrons. The molecule has 2 rings (SSSR count). The maximum Gasteiger partial charge on any atom is 0.115 e. The highest BCUT2D eigenvalue weighted by atomic mass is 16.3. The van der Waals surface area contributed by atoms with Crippen LogP contribution in [0.1, 0.15) is 25.8 Å². The van der Waals surface area contributed by atoms with E-state index < -0.39 is 0 Å². The molecule has 0 saturated carbocycles. The molecule has 3 heteroatoms. The third-order valence-electron chi connectivity index (χ3n) is 4.24. The molecule has 0 amide bonds. The standard InChI is InChI=1S/C16H26N2O/c1-13(18-11-10-17(3)12-14(18)2)4-5-15-6-8-16(19)9-7-15/h6-9,13-14,19H,4-5,10-12H2,1-3H3. The lowest BCUT2D eigenvalue weighted by Gasteiger charge is -2.41. The smallest absolute Gasteiger partial charge is 0.115 e. The van der Waals surface area contributed by atoms with Crippen molar-refractivity contribution in [2.24, 2.45) is 0 Å². The van der Waals surface area contributed by atoms with Crippen molar-refractivity contribution in [3.05, 3.63) is 29.8 Å². The van der Waals surface area contributed by atoms with Crippen LogP contribution in [-0.2, 0) is 6.42 Å². The summed E-state index contributed by atoms with van der Waals surface area (Å²) in [6.45, 7) is 8.18. The van der Waals surface area contributed by atoms with Gasteiger partial charge in [0, 0.05) is 31.7 Å². The van der Waals surface area contributed by atoms with E-state index in [2.05, 4.69) is 30.7 Å². The van der Waals surface area contributed by atoms with Crippen LogP contribution in [0.3, 0.4) is 0 Å². The molecule has 1 aromatic carbocycles. The van der Waals surface area contributed by atoms with Crippen LogP contribution in [-0.4, -0.2) is 53.7 Å². The molecule has 3 nitrogen and oxygen atoms in total. The van der Waals surface area contributed by atoms with Gasteiger partial charge in [0.2, 0.25) is 0 Å². The molecule has 2 atom stereocenters. The van der Waals surface area contributed by atoms with Gasteiger partial charge >= 0.3 is 0 Å². The summed E-state index contributed by atoms with van der Waals surface area (Å²) in [5.74, 6) is 0.351. The van der Waals surface area contributed by atoms with E-state index in [1.54, 1.807) is 12.1 Å². The molecule has 2 unspecified atom stereocenters. The summed E-state index contributed by atoms with van der Waals surface area (Å²) in [4.78, 5) is 5.04. The molecule has 1 saturated heterocycles. The summed E-state index contributed by atoms with van der Waals surface area (Å²) in [6, 6.07) is 8.87. The van der Waals surface area contributed by atoms with Crippen LogP contribution in [0.4, 0.5) is 0 Å². The normalized spacial score (nSPS) is 23.4. The molecule has 1 heterocycles. The molecule has 0 aromatic heterocycles. The van der Waals surface area contributed by atoms with Crippen molar-refractivity contribution in [2.45, 2.75) is 38.8 Å². The summed E-state index contributed by atoms with van der Waals surface area (Å²) in [7, 11) is 2.20. The summed E-state index contributed by atoms with van der Waals surface area (Å²) in [5, 5.41) is 9.28. The highest BCUT2D eigenvalue weighted by Crippen LogP contribution is 2.17. The van der Waals surface area contributed by atoms with E-state index >= 15 is 0 Å². The minimum absolute atomic E-state index is 0.351. The Hall–Kier alpha value is -1.06. The Morgan fingerprint density at radius 1 is 1.26 bits per heavy atom. The van der Waals surface area contributed by atoms with Crippen molar-refractivity contribution in [1.29, 1.82) is 0 Å². The zero-order valence-corrected chi connectivity index (χ0v) is 12.3. The first kappa shape index (κ1) is 14.4. The van der Waals surface area contributed by atoms with E-state index in [1.165, 1.54) is 31.6 Å². The second-order valence-electron chi connectivity index (χ2n) is 5.90. The maximum atomic E-state index is 9.28. The van der Waals surface area contributed by atoms with Crippen molar-refractivity contribution in [2.75, 3.05) is 26.7 Å². The predicted molar refractivity (Wildman–Crippen MR) is 79.6 cm³/mol. The Bertz CT molecular complexity index is 390. The average molecular weight is 262 g/mol. The van der Waals surface area contributed by atoms with E-state index in [-0.39, 0.29) is 0 Å². The molecule has 0 spiro atoms. The Balaban J connectivity index is 1.83. The fourth-order valence-electron chi connectivity index (χ4n) is 3.01. The molecule has 1 N–H and O–H groups in total. The minimum atomic E-state index is 0.351. The van der Waals surface area contributed by atoms with Crippen molar-refractivity contribution < 1.29 is 5.11 Å². The van der Waals surface area contributed by atoms with Crippen LogP contribution >= 0.6 is 0 Å². The van der Waals surface area contributed by atoms with Crippen molar-refractivity contribution in [1.82, 2.24) is 9.80 Å². The van der Waals surface area contributed by atoms with Crippen molar-refractivity contribution in [3.63, 3.8) is 0 Å². The van der Waals surface area contributed by atoms with E-state index in [4.69, 9.17) is 0 Å². The van der Waals surface area contributed by atoms with Gasteiger partial charge in [-0.05, 0) is 51.4 Å². The van der Waals surface area contributed by atoms with Gasteiger partial charge in [-0.25, -0.2) is 0 Å². The summed E-state index contributed by atoms with van der Waals surface area (Å²) in [5.41, 5.74) is 1.31. The van der Waals surface area contributed by atoms with E-state index in [9.17, 15) is 5.11 Å². The van der Waals surface area contributed by atoms with E-state index in [0.29, 0.717) is 17.8 Å². The molecule has 1 aliphatic rings. The van der Waals surface area contributed by atoms with Crippen molar-refractivity contribution in [3.8, 4) is 5.75 Å². The average Bonchev–Trinajstić information content (AvgIpc) is 2.37. The Labute approximate surface area is 116 Å². The predicted octanol–water partition coefficient (Wildman–Crippen LogP) is 2.35. The van der Waals surface area contributed by atoms with Crippen LogP contribution in [0.15, 0.2) is 24.3 Å². The van der Waals surface area contributed by atoms with Gasteiger partial charge < -0.3 is 10.0 Å². The monoisotopic (exact) mass is 262 g/mol. The number of hydrogen-bond acceptors (Lipinski definition) is 3. The Morgan fingerprint density at radius 2 is 1.95 bits per heavy atom. The molecule has 0 aliphatic carbocycles.